The monoisotopic (exact) mass is 381 g/mol. The largest absolute Gasteiger partial charge is 0.462 e. The van der Waals surface area contributed by atoms with Gasteiger partial charge in [-0.3, -0.25) is 9.69 Å². The van der Waals surface area contributed by atoms with Crippen LogP contribution in [0.5, 0.6) is 0 Å². The molecule has 0 radical (unpaired) electrons. The van der Waals surface area contributed by atoms with E-state index < -0.39 is 0 Å². The summed E-state index contributed by atoms with van der Waals surface area (Å²) >= 11 is 1.51. The molecule has 0 spiro atoms. The zero-order valence-electron chi connectivity index (χ0n) is 15.4. The molecule has 0 aliphatic carbocycles. The number of rotatable bonds is 4. The minimum Gasteiger partial charge on any atom is -0.462 e. The molecule has 1 amide bonds. The number of benzene rings is 1. The summed E-state index contributed by atoms with van der Waals surface area (Å²) in [6.07, 6.45) is 2.61. The van der Waals surface area contributed by atoms with Crippen LogP contribution in [0.25, 0.3) is 10.8 Å². The van der Waals surface area contributed by atoms with Crippen LogP contribution in [0.3, 0.4) is 0 Å². The standard InChI is InChI=1S/C21H23N3O2S/c1-16-19(22-20(27-16)18-9-5-14-26-18)21(25)24-11-6-10-23(12-13-24)15-17-7-3-2-4-8-17/h2-5,7-9,14H,6,10-13,15H2,1H3. The Morgan fingerprint density at radius 1 is 1.11 bits per heavy atom. The van der Waals surface area contributed by atoms with Crippen LogP contribution in [0.2, 0.25) is 0 Å². The van der Waals surface area contributed by atoms with Crippen LogP contribution < -0.4 is 0 Å². The highest BCUT2D eigenvalue weighted by Gasteiger charge is 2.25. The van der Waals surface area contributed by atoms with Crippen LogP contribution in [-0.2, 0) is 6.54 Å². The summed E-state index contributed by atoms with van der Waals surface area (Å²) < 4.78 is 5.42. The molecule has 3 heterocycles. The molecule has 3 aromatic rings. The van der Waals surface area contributed by atoms with Gasteiger partial charge in [0.15, 0.2) is 10.8 Å². The quantitative estimate of drug-likeness (QED) is 0.684. The fourth-order valence-corrected chi connectivity index (χ4v) is 4.30. The van der Waals surface area contributed by atoms with E-state index in [0.717, 1.165) is 49.0 Å². The fourth-order valence-electron chi connectivity index (χ4n) is 3.42. The number of nitrogens with zero attached hydrogens (tertiary/aromatic N) is 3. The molecule has 1 aliphatic heterocycles. The summed E-state index contributed by atoms with van der Waals surface area (Å²) in [5.41, 5.74) is 1.87. The average molecular weight is 382 g/mol. The summed E-state index contributed by atoms with van der Waals surface area (Å²) in [4.78, 5) is 22.9. The molecule has 0 saturated carbocycles. The number of hydrogen-bond donors (Lipinski definition) is 0. The summed E-state index contributed by atoms with van der Waals surface area (Å²) in [5, 5.41) is 0.765. The lowest BCUT2D eigenvalue weighted by Crippen LogP contribution is -2.35. The van der Waals surface area contributed by atoms with E-state index in [2.05, 4.69) is 34.1 Å². The lowest BCUT2D eigenvalue weighted by molar-refractivity contribution is 0.0755. The van der Waals surface area contributed by atoms with Gasteiger partial charge >= 0.3 is 0 Å². The number of furan rings is 1. The van der Waals surface area contributed by atoms with E-state index in [1.54, 1.807) is 6.26 Å². The molecular formula is C21H23N3O2S. The summed E-state index contributed by atoms with van der Waals surface area (Å²) in [6, 6.07) is 14.2. The Morgan fingerprint density at radius 3 is 2.74 bits per heavy atom. The molecule has 6 heteroatoms. The van der Waals surface area contributed by atoms with Crippen LogP contribution in [0, 0.1) is 6.92 Å². The minimum atomic E-state index is 0.0307. The number of carbonyl (C=O) groups is 1. The van der Waals surface area contributed by atoms with E-state index in [1.165, 1.54) is 16.9 Å². The summed E-state index contributed by atoms with van der Waals surface area (Å²) in [5.74, 6) is 0.746. The van der Waals surface area contributed by atoms with Gasteiger partial charge in [0.05, 0.1) is 6.26 Å². The van der Waals surface area contributed by atoms with Crippen LogP contribution in [-0.4, -0.2) is 46.9 Å². The molecule has 0 N–H and O–H groups in total. The number of thiazole rings is 1. The summed E-state index contributed by atoms with van der Waals surface area (Å²) in [6.45, 7) is 6.29. The molecule has 140 valence electrons. The Hall–Kier alpha value is -2.44. The first-order valence-electron chi connectivity index (χ1n) is 9.27. The topological polar surface area (TPSA) is 49.6 Å². The number of aryl methyl sites for hydroxylation is 1. The molecule has 0 bridgehead atoms. The zero-order chi connectivity index (χ0) is 18.6. The number of hydrogen-bond acceptors (Lipinski definition) is 5. The van der Waals surface area contributed by atoms with E-state index >= 15 is 0 Å². The van der Waals surface area contributed by atoms with Crippen molar-refractivity contribution in [2.75, 3.05) is 26.2 Å². The third kappa shape index (κ3) is 4.12. The predicted molar refractivity (Wildman–Crippen MR) is 107 cm³/mol. The second-order valence-electron chi connectivity index (χ2n) is 6.81. The molecule has 4 rings (SSSR count). The number of carbonyl (C=O) groups excluding carboxylic acids is 1. The van der Waals surface area contributed by atoms with Crippen LogP contribution in [0.1, 0.15) is 27.3 Å². The molecule has 27 heavy (non-hydrogen) atoms. The average Bonchev–Trinajstić information content (AvgIpc) is 3.28. The second-order valence-corrected chi connectivity index (χ2v) is 8.01. The Labute approximate surface area is 163 Å². The highest BCUT2D eigenvalue weighted by atomic mass is 32.1. The van der Waals surface area contributed by atoms with E-state index in [0.29, 0.717) is 11.5 Å². The number of amides is 1. The van der Waals surface area contributed by atoms with Gasteiger partial charge in [-0.25, -0.2) is 4.98 Å². The molecule has 1 aliphatic rings. The van der Waals surface area contributed by atoms with Gasteiger partial charge in [0.25, 0.3) is 5.91 Å². The summed E-state index contributed by atoms with van der Waals surface area (Å²) in [7, 11) is 0. The maximum atomic E-state index is 13.0. The third-order valence-corrected chi connectivity index (χ3v) is 5.84. The van der Waals surface area contributed by atoms with E-state index in [1.807, 2.05) is 30.0 Å². The molecule has 1 fully saturated rings. The SMILES string of the molecule is Cc1sc(-c2ccco2)nc1C(=O)N1CCCN(Cc2ccccc2)CC1. The molecular weight excluding hydrogens is 358 g/mol. The van der Waals surface area contributed by atoms with Crippen molar-refractivity contribution >= 4 is 17.2 Å². The van der Waals surface area contributed by atoms with Crippen LogP contribution >= 0.6 is 11.3 Å². The Bertz CT molecular complexity index is 890. The van der Waals surface area contributed by atoms with Gasteiger partial charge in [-0.15, -0.1) is 11.3 Å². The maximum absolute atomic E-state index is 13.0. The maximum Gasteiger partial charge on any atom is 0.273 e. The normalized spacial score (nSPS) is 15.7. The first kappa shape index (κ1) is 17.9. The van der Waals surface area contributed by atoms with Gasteiger partial charge in [0.1, 0.15) is 5.69 Å². The Kier molecular flexibility index (Phi) is 5.36. The first-order chi connectivity index (χ1) is 13.2. The predicted octanol–water partition coefficient (Wildman–Crippen LogP) is 4.06. The van der Waals surface area contributed by atoms with Crippen molar-refractivity contribution in [1.82, 2.24) is 14.8 Å². The van der Waals surface area contributed by atoms with Crippen molar-refractivity contribution < 1.29 is 9.21 Å². The van der Waals surface area contributed by atoms with Gasteiger partial charge in [-0.05, 0) is 31.0 Å². The smallest absolute Gasteiger partial charge is 0.273 e. The van der Waals surface area contributed by atoms with Gasteiger partial charge in [-0.2, -0.15) is 0 Å². The minimum absolute atomic E-state index is 0.0307. The molecule has 5 nitrogen and oxygen atoms in total. The fraction of sp³-hybridized carbons (Fsp3) is 0.333. The lowest BCUT2D eigenvalue weighted by atomic mass is 10.2. The number of aromatic nitrogens is 1. The van der Waals surface area contributed by atoms with Crippen molar-refractivity contribution in [3.63, 3.8) is 0 Å². The Morgan fingerprint density at radius 2 is 1.96 bits per heavy atom. The van der Waals surface area contributed by atoms with Gasteiger partial charge in [0.2, 0.25) is 0 Å². The van der Waals surface area contributed by atoms with Crippen molar-refractivity contribution in [3.05, 3.63) is 64.9 Å². The van der Waals surface area contributed by atoms with Crippen molar-refractivity contribution in [1.29, 1.82) is 0 Å². The molecule has 2 aromatic heterocycles. The van der Waals surface area contributed by atoms with Crippen molar-refractivity contribution in [3.8, 4) is 10.8 Å². The highest BCUT2D eigenvalue weighted by molar-refractivity contribution is 7.15. The molecule has 1 saturated heterocycles. The van der Waals surface area contributed by atoms with Gasteiger partial charge < -0.3 is 9.32 Å². The zero-order valence-corrected chi connectivity index (χ0v) is 16.2. The lowest BCUT2D eigenvalue weighted by Gasteiger charge is -2.21. The molecule has 1 aromatic carbocycles. The highest BCUT2D eigenvalue weighted by Crippen LogP contribution is 2.28. The van der Waals surface area contributed by atoms with Crippen LogP contribution in [0.15, 0.2) is 53.1 Å². The third-order valence-electron chi connectivity index (χ3n) is 4.86. The van der Waals surface area contributed by atoms with E-state index in [4.69, 9.17) is 4.42 Å². The molecule has 0 unspecified atom stereocenters. The first-order valence-corrected chi connectivity index (χ1v) is 10.1. The van der Waals surface area contributed by atoms with Crippen LogP contribution in [0.4, 0.5) is 0 Å². The second kappa shape index (κ2) is 8.06. The van der Waals surface area contributed by atoms with Crippen molar-refractivity contribution in [2.45, 2.75) is 19.9 Å². The van der Waals surface area contributed by atoms with Gasteiger partial charge in [-0.1, -0.05) is 30.3 Å². The van der Waals surface area contributed by atoms with E-state index in [9.17, 15) is 4.79 Å². The molecule has 0 atom stereocenters. The Balaban J connectivity index is 1.42. The van der Waals surface area contributed by atoms with Crippen molar-refractivity contribution in [2.24, 2.45) is 0 Å². The van der Waals surface area contributed by atoms with Gasteiger partial charge in [0, 0.05) is 37.6 Å². The van der Waals surface area contributed by atoms with E-state index in [-0.39, 0.29) is 5.91 Å².